The number of nitrogens with zero attached hydrogens (tertiary/aromatic N) is 1. The molecule has 2 amide bonds. The van der Waals surface area contributed by atoms with Crippen LogP contribution in [0.3, 0.4) is 0 Å². The third-order valence-corrected chi connectivity index (χ3v) is 3.37. The Morgan fingerprint density at radius 3 is 2.30 bits per heavy atom. The molecule has 0 bridgehead atoms. The number of amides is 2. The van der Waals surface area contributed by atoms with Gasteiger partial charge in [0, 0.05) is 13.6 Å². The molecule has 116 valence electrons. The van der Waals surface area contributed by atoms with Crippen LogP contribution in [0.25, 0.3) is 0 Å². The smallest absolute Gasteiger partial charge is 0.252 e. The first-order chi connectivity index (χ1) is 9.31. The predicted octanol–water partition coefficient (Wildman–Crippen LogP) is 1.42. The summed E-state index contributed by atoms with van der Waals surface area (Å²) in [6.07, 6.45) is 1.28. The minimum absolute atomic E-state index is 0.00616. The van der Waals surface area contributed by atoms with Crippen LogP contribution < -0.4 is 5.32 Å². The van der Waals surface area contributed by atoms with Crippen molar-refractivity contribution in [3.63, 3.8) is 0 Å². The number of nitrogens with one attached hydrogen (secondary N) is 1. The summed E-state index contributed by atoms with van der Waals surface area (Å²) in [4.78, 5) is 25.9. The Morgan fingerprint density at radius 1 is 1.25 bits per heavy atom. The molecule has 0 aliphatic carbocycles. The molecule has 2 atom stereocenters. The molecule has 5 nitrogen and oxygen atoms in total. The minimum atomic E-state index is -0.441. The van der Waals surface area contributed by atoms with Gasteiger partial charge in [-0.05, 0) is 24.7 Å². The van der Waals surface area contributed by atoms with Gasteiger partial charge in [-0.25, -0.2) is 0 Å². The van der Waals surface area contributed by atoms with Crippen LogP contribution in [0.4, 0.5) is 0 Å². The maximum Gasteiger partial charge on any atom is 0.252 e. The molecule has 0 aromatic rings. The van der Waals surface area contributed by atoms with Crippen molar-refractivity contribution < 1.29 is 14.3 Å². The Labute approximate surface area is 122 Å². The summed E-state index contributed by atoms with van der Waals surface area (Å²) >= 11 is 0. The summed E-state index contributed by atoms with van der Waals surface area (Å²) in [6.45, 7) is 9.56. The highest BCUT2D eigenvalue weighted by atomic mass is 16.6. The van der Waals surface area contributed by atoms with Crippen molar-refractivity contribution in [1.82, 2.24) is 10.2 Å². The normalized spacial score (nSPS) is 19.1. The number of hydrogen-bond acceptors (Lipinski definition) is 3. The van der Waals surface area contributed by atoms with Crippen molar-refractivity contribution in [1.29, 1.82) is 0 Å². The molecule has 0 saturated carbocycles. The van der Waals surface area contributed by atoms with Gasteiger partial charge in [-0.3, -0.25) is 9.59 Å². The van der Waals surface area contributed by atoms with E-state index in [0.29, 0.717) is 24.9 Å². The van der Waals surface area contributed by atoms with Gasteiger partial charge in [0.2, 0.25) is 5.91 Å². The van der Waals surface area contributed by atoms with Crippen molar-refractivity contribution in [2.45, 2.75) is 52.7 Å². The lowest BCUT2D eigenvalue weighted by molar-refractivity contribution is -0.136. The van der Waals surface area contributed by atoms with Crippen LogP contribution in [-0.2, 0) is 14.3 Å². The van der Waals surface area contributed by atoms with E-state index in [4.69, 9.17) is 4.74 Å². The van der Waals surface area contributed by atoms with Gasteiger partial charge >= 0.3 is 0 Å². The van der Waals surface area contributed by atoms with E-state index in [-0.39, 0.29) is 17.9 Å². The first kappa shape index (κ1) is 17.0. The molecule has 0 aromatic carbocycles. The molecule has 0 unspecified atom stereocenters. The van der Waals surface area contributed by atoms with Gasteiger partial charge in [0.25, 0.3) is 5.91 Å². The summed E-state index contributed by atoms with van der Waals surface area (Å²) in [5, 5.41) is 2.82. The van der Waals surface area contributed by atoms with E-state index >= 15 is 0 Å². The highest BCUT2D eigenvalue weighted by Gasteiger charge is 2.34. The van der Waals surface area contributed by atoms with Gasteiger partial charge in [-0.2, -0.15) is 0 Å². The van der Waals surface area contributed by atoms with E-state index in [1.165, 1.54) is 0 Å². The number of carbonyl (C=O) groups excluding carboxylic acids is 2. The molecule has 1 aliphatic heterocycles. The molecule has 1 N–H and O–H groups in total. The number of carbonyl (C=O) groups is 2. The Hall–Kier alpha value is -1.10. The molecule has 0 spiro atoms. The average Bonchev–Trinajstić information content (AvgIpc) is 3.17. The topological polar surface area (TPSA) is 61.9 Å². The fourth-order valence-electron chi connectivity index (χ4n) is 1.99. The summed E-state index contributed by atoms with van der Waals surface area (Å²) in [5.41, 5.74) is 0. The maximum absolute atomic E-state index is 12.4. The summed E-state index contributed by atoms with van der Waals surface area (Å²) in [5.74, 6) is 0.737. The van der Waals surface area contributed by atoms with Crippen molar-refractivity contribution in [3.05, 3.63) is 0 Å². The van der Waals surface area contributed by atoms with Crippen molar-refractivity contribution in [3.8, 4) is 0 Å². The number of hydrogen-bond donors (Lipinski definition) is 1. The number of rotatable bonds is 8. The SMILES string of the molecule is CC(C)CCN(C)C(=O)[C@H](CC(C)C)NC(=O)[C@@H]1CO1. The quantitative estimate of drug-likeness (QED) is 0.686. The zero-order valence-electron chi connectivity index (χ0n) is 13.3. The molecule has 5 heteroatoms. The van der Waals surface area contributed by atoms with Crippen LogP contribution in [0.1, 0.15) is 40.5 Å². The fraction of sp³-hybridized carbons (Fsp3) is 0.867. The van der Waals surface area contributed by atoms with E-state index in [1.54, 1.807) is 11.9 Å². The van der Waals surface area contributed by atoms with Gasteiger partial charge in [-0.15, -0.1) is 0 Å². The number of epoxide rings is 1. The molecular formula is C15H28N2O3. The third kappa shape index (κ3) is 5.90. The standard InChI is InChI=1S/C15H28N2O3/c1-10(2)6-7-17(5)15(19)12(8-11(3)4)16-14(18)13-9-20-13/h10-13H,6-9H2,1-5H3,(H,16,18)/t12-,13-/m0/s1. The zero-order valence-corrected chi connectivity index (χ0v) is 13.3. The zero-order chi connectivity index (χ0) is 15.3. The average molecular weight is 284 g/mol. The Kier molecular flexibility index (Phi) is 6.46. The highest BCUT2D eigenvalue weighted by Crippen LogP contribution is 2.13. The van der Waals surface area contributed by atoms with Crippen molar-refractivity contribution in [2.24, 2.45) is 11.8 Å². The van der Waals surface area contributed by atoms with Crippen LogP contribution in [-0.4, -0.2) is 49.1 Å². The van der Waals surface area contributed by atoms with Crippen LogP contribution in [0.2, 0.25) is 0 Å². The first-order valence-electron chi connectivity index (χ1n) is 7.48. The fourth-order valence-corrected chi connectivity index (χ4v) is 1.99. The van der Waals surface area contributed by atoms with Crippen LogP contribution in [0.5, 0.6) is 0 Å². The van der Waals surface area contributed by atoms with E-state index in [9.17, 15) is 9.59 Å². The second-order valence-electron chi connectivity index (χ2n) is 6.46. The summed E-state index contributed by atoms with van der Waals surface area (Å²) < 4.78 is 4.96. The Balaban J connectivity index is 2.55. The van der Waals surface area contributed by atoms with Gasteiger partial charge in [-0.1, -0.05) is 27.7 Å². The molecule has 1 aliphatic rings. The van der Waals surface area contributed by atoms with Gasteiger partial charge in [0.1, 0.15) is 6.04 Å². The second kappa shape index (κ2) is 7.62. The van der Waals surface area contributed by atoms with Gasteiger partial charge < -0.3 is 15.0 Å². The Morgan fingerprint density at radius 2 is 1.85 bits per heavy atom. The second-order valence-corrected chi connectivity index (χ2v) is 6.46. The molecular weight excluding hydrogens is 256 g/mol. The lowest BCUT2D eigenvalue weighted by atomic mass is 10.0. The molecule has 1 fully saturated rings. The first-order valence-corrected chi connectivity index (χ1v) is 7.48. The summed E-state index contributed by atoms with van der Waals surface area (Å²) in [7, 11) is 1.80. The Bertz CT molecular complexity index is 338. The molecule has 0 aromatic heterocycles. The molecule has 0 radical (unpaired) electrons. The van der Waals surface area contributed by atoms with Crippen LogP contribution in [0.15, 0.2) is 0 Å². The molecule has 1 rings (SSSR count). The lowest BCUT2D eigenvalue weighted by Crippen LogP contribution is -2.49. The number of likely N-dealkylation sites (N-methyl/N-ethyl adjacent to an activating group) is 1. The predicted molar refractivity (Wildman–Crippen MR) is 78.2 cm³/mol. The van der Waals surface area contributed by atoms with E-state index in [1.807, 2.05) is 13.8 Å². The maximum atomic E-state index is 12.4. The largest absolute Gasteiger partial charge is 0.363 e. The lowest BCUT2D eigenvalue weighted by Gasteiger charge is -2.26. The minimum Gasteiger partial charge on any atom is -0.363 e. The highest BCUT2D eigenvalue weighted by molar-refractivity contribution is 5.90. The van der Waals surface area contributed by atoms with E-state index in [0.717, 1.165) is 13.0 Å². The van der Waals surface area contributed by atoms with Gasteiger partial charge in [0.15, 0.2) is 6.10 Å². The van der Waals surface area contributed by atoms with E-state index < -0.39 is 6.04 Å². The summed E-state index contributed by atoms with van der Waals surface area (Å²) in [6, 6.07) is -0.441. The molecule has 1 heterocycles. The van der Waals surface area contributed by atoms with Crippen molar-refractivity contribution >= 4 is 11.8 Å². The number of ether oxygens (including phenoxy) is 1. The monoisotopic (exact) mass is 284 g/mol. The van der Waals surface area contributed by atoms with Crippen LogP contribution in [0, 0.1) is 11.8 Å². The molecule has 20 heavy (non-hydrogen) atoms. The van der Waals surface area contributed by atoms with Crippen LogP contribution >= 0.6 is 0 Å². The molecule has 1 saturated heterocycles. The van der Waals surface area contributed by atoms with E-state index in [2.05, 4.69) is 19.2 Å². The van der Waals surface area contributed by atoms with Gasteiger partial charge in [0.05, 0.1) is 6.61 Å². The van der Waals surface area contributed by atoms with Crippen molar-refractivity contribution in [2.75, 3.05) is 20.2 Å². The third-order valence-electron chi connectivity index (χ3n) is 3.37.